The first kappa shape index (κ1) is 50.2. The molecule has 8 aromatic heterocycles. The van der Waals surface area contributed by atoms with E-state index >= 15 is 0 Å². The molecule has 1 N–H and O–H groups in total. The van der Waals surface area contributed by atoms with Crippen LogP contribution in [-0.2, 0) is 28.3 Å². The van der Waals surface area contributed by atoms with Crippen molar-refractivity contribution < 1.29 is 38.0 Å². The number of fused-ring (bicyclic) bond motifs is 6. The van der Waals surface area contributed by atoms with Crippen molar-refractivity contribution >= 4 is 56.1 Å². The van der Waals surface area contributed by atoms with Crippen molar-refractivity contribution in [2.24, 2.45) is 25.9 Å². The number of aromatic carboxylic acids is 1. The quantitative estimate of drug-likeness (QED) is 0.127. The summed E-state index contributed by atoms with van der Waals surface area (Å²) in [6, 6.07) is 18.8. The number of carbonyl (C=O) groups is 2. The first-order chi connectivity index (χ1) is 36.7. The van der Waals surface area contributed by atoms with Crippen LogP contribution in [0, 0.1) is 60.3 Å². The number of hydrogen-bond donors (Lipinski definition) is 1. The summed E-state index contributed by atoms with van der Waals surface area (Å²) in [6.45, 7) is 16.8. The van der Waals surface area contributed by atoms with Gasteiger partial charge in [0.25, 0.3) is 0 Å². The second-order valence-electron chi connectivity index (χ2n) is 20.4. The van der Waals surface area contributed by atoms with Crippen molar-refractivity contribution in [2.45, 2.75) is 86.2 Å². The Kier molecular flexibility index (Phi) is 13.2. The number of aromatic nitrogens is 10. The molecule has 2 saturated heterocycles. The molecule has 0 spiro atoms. The molecule has 0 bridgehead atoms. The van der Waals surface area contributed by atoms with Gasteiger partial charge in [-0.2, -0.15) is 10.2 Å². The fraction of sp³-hybridized carbons (Fsp3) is 0.379. The third kappa shape index (κ3) is 8.25. The minimum Gasteiger partial charge on any atom is -0.476 e. The minimum absolute atomic E-state index is 0.0319. The molecule has 18 heteroatoms. The number of methoxy groups -OCH3 is 1. The Balaban J connectivity index is 0.000000162. The maximum atomic E-state index is 13.0. The molecule has 2 aromatic carbocycles. The van der Waals surface area contributed by atoms with Gasteiger partial charge in [0.05, 0.1) is 41.6 Å². The van der Waals surface area contributed by atoms with E-state index in [1.54, 1.807) is 16.4 Å². The van der Waals surface area contributed by atoms with Crippen LogP contribution < -0.4 is 0 Å². The number of pyridine rings is 2. The molecule has 2 aliphatic rings. The average molecular weight is 1030 g/mol. The minimum atomic E-state index is -1.06. The Morgan fingerprint density at radius 1 is 0.632 bits per heavy atom. The summed E-state index contributed by atoms with van der Waals surface area (Å²) in [6.07, 6.45) is 7.26. The number of carboxylic acid groups (broad SMARTS) is 1. The highest BCUT2D eigenvalue weighted by atomic mass is 16.5. The van der Waals surface area contributed by atoms with Gasteiger partial charge in [0.1, 0.15) is 44.6 Å². The predicted molar refractivity (Wildman–Crippen MR) is 287 cm³/mol. The van der Waals surface area contributed by atoms with Crippen LogP contribution in [0.3, 0.4) is 0 Å². The number of esters is 1. The van der Waals surface area contributed by atoms with E-state index < -0.39 is 11.9 Å². The highest BCUT2D eigenvalue weighted by molar-refractivity contribution is 6.13. The van der Waals surface area contributed by atoms with Gasteiger partial charge < -0.3 is 37.5 Å². The number of carbonyl (C=O) groups excluding carboxylic acids is 1. The van der Waals surface area contributed by atoms with Crippen LogP contribution in [0.1, 0.15) is 109 Å². The van der Waals surface area contributed by atoms with Crippen molar-refractivity contribution in [3.05, 3.63) is 129 Å². The third-order valence-electron chi connectivity index (χ3n) is 15.9. The fourth-order valence-corrected chi connectivity index (χ4v) is 12.3. The van der Waals surface area contributed by atoms with E-state index in [9.17, 15) is 14.7 Å². The molecule has 12 rings (SSSR count). The lowest BCUT2D eigenvalue weighted by Gasteiger charge is -2.34. The summed E-state index contributed by atoms with van der Waals surface area (Å²) < 4.78 is 35.5. The van der Waals surface area contributed by atoms with Gasteiger partial charge in [0.15, 0.2) is 11.4 Å². The van der Waals surface area contributed by atoms with Gasteiger partial charge in [-0.25, -0.2) is 9.59 Å². The van der Waals surface area contributed by atoms with Crippen LogP contribution in [0.15, 0.2) is 76.0 Å². The van der Waals surface area contributed by atoms with Crippen molar-refractivity contribution in [3.8, 4) is 22.3 Å². The fourth-order valence-electron chi connectivity index (χ4n) is 12.3. The maximum Gasteiger partial charge on any atom is 0.360 e. The van der Waals surface area contributed by atoms with Gasteiger partial charge >= 0.3 is 11.9 Å². The highest BCUT2D eigenvalue weighted by Crippen LogP contribution is 2.46. The van der Waals surface area contributed by atoms with E-state index in [1.165, 1.54) is 23.8 Å². The molecule has 10 aromatic rings. The summed E-state index contributed by atoms with van der Waals surface area (Å²) >= 11 is 0. The van der Waals surface area contributed by atoms with Crippen LogP contribution in [0.5, 0.6) is 0 Å². The second-order valence-corrected chi connectivity index (χ2v) is 20.4. The van der Waals surface area contributed by atoms with Gasteiger partial charge in [-0.1, -0.05) is 58.8 Å². The molecule has 2 unspecified atom stereocenters. The topological polar surface area (TPSA) is 205 Å². The molecule has 0 amide bonds. The summed E-state index contributed by atoms with van der Waals surface area (Å²) in [5.41, 5.74) is 17.6. The zero-order valence-electron chi connectivity index (χ0n) is 44.6. The van der Waals surface area contributed by atoms with E-state index in [0.29, 0.717) is 31.9 Å². The Bertz CT molecular complexity index is 3840. The van der Waals surface area contributed by atoms with Crippen molar-refractivity contribution in [1.82, 2.24) is 49.0 Å². The van der Waals surface area contributed by atoms with Crippen molar-refractivity contribution in [2.75, 3.05) is 33.5 Å². The molecule has 18 nitrogen and oxygen atoms in total. The van der Waals surface area contributed by atoms with Gasteiger partial charge in [-0.15, -0.1) is 0 Å². The Morgan fingerprint density at radius 3 is 1.66 bits per heavy atom. The molecule has 10 heterocycles. The molecule has 76 heavy (non-hydrogen) atoms. The summed E-state index contributed by atoms with van der Waals surface area (Å²) in [7, 11) is 5.02. The molecular formula is C58H62N10O8. The number of ether oxygens (including phenoxy) is 3. The first-order valence-corrected chi connectivity index (χ1v) is 25.9. The maximum absolute atomic E-state index is 13.0. The first-order valence-electron chi connectivity index (χ1n) is 25.9. The van der Waals surface area contributed by atoms with E-state index in [2.05, 4.69) is 98.9 Å². The largest absolute Gasteiger partial charge is 0.476 e. The number of rotatable bonds is 10. The van der Waals surface area contributed by atoms with Gasteiger partial charge in [-0.05, 0) is 120 Å². The lowest BCUT2D eigenvalue weighted by atomic mass is 9.84. The standard InChI is InChI=1S/2C29H31N5O4/c1-16-8-6-7-9-21(16)26(19-10-12-37-13-11-19)34-22-14-20(23-17(2)32-38-18(23)3)15-30-24(22)27-28(34)25(29(35)36-5)31-33(27)4;1-15-8-6-7-9-20(15)26(19-10-12-37-13-11-19)34-25-16(2)21(22-17(3)32-38-18(22)4)14-30-23(25)27-28(34)24(29(35)36)31-33(27)5/h6-9,14-15,19,26H,10-13H2,1-5H3;6-9,14,19,26H,10-13H2,1-5H3,(H,35,36). The molecular weight excluding hydrogens is 965 g/mol. The summed E-state index contributed by atoms with van der Waals surface area (Å²) in [4.78, 5) is 35.5. The number of nitrogens with zero attached hydrogens (tertiary/aromatic N) is 10. The normalized spacial score (nSPS) is 15.4. The Labute approximate surface area is 438 Å². The molecule has 2 fully saturated rings. The van der Waals surface area contributed by atoms with Crippen LogP contribution in [0.25, 0.3) is 66.4 Å². The van der Waals surface area contributed by atoms with Crippen LogP contribution >= 0.6 is 0 Å². The number of hydrogen-bond acceptors (Lipinski definition) is 13. The number of carboxylic acids is 1. The monoisotopic (exact) mass is 1030 g/mol. The Hall–Kier alpha value is -7.96. The SMILES string of the molecule is COC(=O)c1nn(C)c2c3ncc(-c4c(C)noc4C)cc3n(C(c3ccccc3C)C3CCOCC3)c12.Cc1ccccc1C(C1CCOCC1)n1c2c(C)c(-c3c(C)noc3C)cnc2c2c1c(C(=O)O)nn2C. The Morgan fingerprint density at radius 2 is 1.13 bits per heavy atom. The zero-order valence-corrected chi connectivity index (χ0v) is 44.6. The van der Waals surface area contributed by atoms with Crippen molar-refractivity contribution in [3.63, 3.8) is 0 Å². The van der Waals surface area contributed by atoms with Gasteiger partial charge in [-0.3, -0.25) is 19.3 Å². The van der Waals surface area contributed by atoms with Gasteiger partial charge in [0.2, 0.25) is 0 Å². The third-order valence-corrected chi connectivity index (χ3v) is 15.9. The molecule has 2 aliphatic heterocycles. The van der Waals surface area contributed by atoms with Crippen LogP contribution in [0.2, 0.25) is 0 Å². The highest BCUT2D eigenvalue weighted by Gasteiger charge is 2.37. The molecule has 0 saturated carbocycles. The number of aryl methyl sites for hydroxylation is 9. The second kappa shape index (κ2) is 20.0. The number of benzene rings is 2. The van der Waals surface area contributed by atoms with E-state index in [1.807, 2.05) is 53.2 Å². The molecule has 392 valence electrons. The molecule has 0 aliphatic carbocycles. The lowest BCUT2D eigenvalue weighted by Crippen LogP contribution is -2.28. The predicted octanol–water partition coefficient (Wildman–Crippen LogP) is 10.8. The van der Waals surface area contributed by atoms with Crippen LogP contribution in [0.4, 0.5) is 0 Å². The van der Waals surface area contributed by atoms with E-state index in [-0.39, 0.29) is 35.3 Å². The smallest absolute Gasteiger partial charge is 0.360 e. The summed E-state index contributed by atoms with van der Waals surface area (Å²) in [5.74, 6) is 0.467. The molecule has 2 atom stereocenters. The molecule has 0 radical (unpaired) electrons. The van der Waals surface area contributed by atoms with Crippen molar-refractivity contribution in [1.29, 1.82) is 0 Å². The van der Waals surface area contributed by atoms with E-state index in [4.69, 9.17) is 33.2 Å². The average Bonchev–Trinajstić information content (AvgIpc) is 4.44. The van der Waals surface area contributed by atoms with Crippen LogP contribution in [-0.4, -0.2) is 99.6 Å². The lowest BCUT2D eigenvalue weighted by molar-refractivity contribution is 0.0548. The zero-order chi connectivity index (χ0) is 53.3. The van der Waals surface area contributed by atoms with Gasteiger partial charge in [0, 0.05) is 75.2 Å². The summed E-state index contributed by atoms with van der Waals surface area (Å²) in [5, 5.41) is 27.6. The van der Waals surface area contributed by atoms with E-state index in [0.717, 1.165) is 121 Å².